The zero-order valence-corrected chi connectivity index (χ0v) is 19.6. The molecule has 166 valence electrons. The van der Waals surface area contributed by atoms with Crippen LogP contribution in [0.5, 0.6) is 17.2 Å². The molecule has 3 rings (SSSR count). The minimum Gasteiger partial charge on any atom is -0.506 e. The van der Waals surface area contributed by atoms with E-state index in [2.05, 4.69) is 42.4 Å². The summed E-state index contributed by atoms with van der Waals surface area (Å²) < 4.78 is 17.1. The fourth-order valence-corrected chi connectivity index (χ4v) is 3.79. The molecular weight excluding hydrogens is 552 g/mol. The molecule has 2 aromatic carbocycles. The van der Waals surface area contributed by atoms with E-state index >= 15 is 0 Å². The maximum Gasteiger partial charge on any atom is 0.371 e. The van der Waals surface area contributed by atoms with Crippen molar-refractivity contribution in [2.45, 2.75) is 6.61 Å². The van der Waals surface area contributed by atoms with E-state index in [-0.39, 0.29) is 23.7 Å². The van der Waals surface area contributed by atoms with Gasteiger partial charge in [0, 0.05) is 4.47 Å². The van der Waals surface area contributed by atoms with Gasteiger partial charge in [-0.2, -0.15) is 5.10 Å². The number of hydrogen-bond donors (Lipinski definition) is 3. The Morgan fingerprint density at radius 3 is 2.62 bits per heavy atom. The molecule has 0 unspecified atom stereocenters. The van der Waals surface area contributed by atoms with Crippen LogP contribution in [0.15, 0.2) is 60.9 Å². The molecule has 0 saturated heterocycles. The van der Waals surface area contributed by atoms with Crippen LogP contribution in [-0.2, 0) is 6.61 Å². The summed E-state index contributed by atoms with van der Waals surface area (Å²) in [5.41, 5.74) is 3.01. The Balaban J connectivity index is 1.65. The van der Waals surface area contributed by atoms with Gasteiger partial charge in [0.2, 0.25) is 5.76 Å². The van der Waals surface area contributed by atoms with Gasteiger partial charge in [-0.25, -0.2) is 10.2 Å². The molecule has 1 heterocycles. The Kier molecular flexibility index (Phi) is 7.54. The lowest BCUT2D eigenvalue weighted by molar-refractivity contribution is 0.0657. The quantitative estimate of drug-likeness (QED) is 0.268. The van der Waals surface area contributed by atoms with Crippen LogP contribution in [0.25, 0.3) is 0 Å². The zero-order valence-electron chi connectivity index (χ0n) is 16.5. The number of carbonyl (C=O) groups is 2. The molecule has 0 aliphatic heterocycles. The predicted octanol–water partition coefficient (Wildman–Crippen LogP) is 4.56. The third-order valence-corrected chi connectivity index (χ3v) is 5.14. The summed E-state index contributed by atoms with van der Waals surface area (Å²) in [7, 11) is 1.47. The molecule has 0 aliphatic rings. The maximum absolute atomic E-state index is 12.3. The van der Waals surface area contributed by atoms with E-state index < -0.39 is 11.9 Å². The number of furan rings is 1. The summed E-state index contributed by atoms with van der Waals surface area (Å²) in [6.07, 6.45) is 1.40. The fraction of sp³-hybridized carbons (Fsp3) is 0.0952. The first-order valence-electron chi connectivity index (χ1n) is 8.92. The van der Waals surface area contributed by atoms with Crippen molar-refractivity contribution in [3.63, 3.8) is 0 Å². The van der Waals surface area contributed by atoms with Crippen LogP contribution in [-0.4, -0.2) is 35.4 Å². The summed E-state index contributed by atoms with van der Waals surface area (Å²) in [6.45, 7) is 0.0127. The average molecular weight is 568 g/mol. The first-order valence-corrected chi connectivity index (χ1v) is 10.5. The molecule has 9 nitrogen and oxygen atoms in total. The number of hydrogen-bond acceptors (Lipinski definition) is 7. The topological polar surface area (TPSA) is 131 Å². The molecule has 0 bridgehead atoms. The number of carboxylic acid groups (broad SMARTS) is 1. The van der Waals surface area contributed by atoms with Gasteiger partial charge in [0.25, 0.3) is 5.91 Å². The average Bonchev–Trinajstić information content (AvgIpc) is 3.24. The van der Waals surface area contributed by atoms with Crippen LogP contribution < -0.4 is 14.9 Å². The lowest BCUT2D eigenvalue weighted by atomic mass is 10.2. The first kappa shape index (κ1) is 23.4. The van der Waals surface area contributed by atoms with Crippen LogP contribution in [0.3, 0.4) is 0 Å². The summed E-state index contributed by atoms with van der Waals surface area (Å²) >= 11 is 6.43. The van der Waals surface area contributed by atoms with Crippen molar-refractivity contribution in [3.05, 3.63) is 74.1 Å². The van der Waals surface area contributed by atoms with Gasteiger partial charge >= 0.3 is 5.97 Å². The van der Waals surface area contributed by atoms with E-state index in [1.807, 2.05) is 0 Å². The molecule has 0 aliphatic carbocycles. The zero-order chi connectivity index (χ0) is 23.3. The first-order chi connectivity index (χ1) is 15.3. The van der Waals surface area contributed by atoms with Crippen molar-refractivity contribution in [1.82, 2.24) is 5.43 Å². The van der Waals surface area contributed by atoms with Gasteiger partial charge in [0.15, 0.2) is 11.5 Å². The second-order valence-electron chi connectivity index (χ2n) is 6.25. The number of phenols is 1. The highest BCUT2D eigenvalue weighted by Gasteiger charge is 2.15. The number of nitrogens with zero attached hydrogens (tertiary/aromatic N) is 1. The molecule has 0 fully saturated rings. The second-order valence-corrected chi connectivity index (χ2v) is 8.02. The number of aromatic carboxylic acids is 1. The summed E-state index contributed by atoms with van der Waals surface area (Å²) in [5.74, 6) is -0.965. The monoisotopic (exact) mass is 566 g/mol. The molecule has 1 amide bonds. The number of amides is 1. The van der Waals surface area contributed by atoms with Gasteiger partial charge in [-0.05, 0) is 64.0 Å². The van der Waals surface area contributed by atoms with Gasteiger partial charge in [0.05, 0.1) is 23.4 Å². The predicted molar refractivity (Wildman–Crippen MR) is 122 cm³/mol. The Labute approximate surface area is 198 Å². The number of rotatable bonds is 8. The van der Waals surface area contributed by atoms with Crippen LogP contribution in [0.4, 0.5) is 0 Å². The van der Waals surface area contributed by atoms with Crippen LogP contribution >= 0.6 is 31.9 Å². The lowest BCUT2D eigenvalue weighted by Gasteiger charge is -2.10. The second kappa shape index (κ2) is 10.3. The van der Waals surface area contributed by atoms with E-state index in [1.54, 1.807) is 24.3 Å². The van der Waals surface area contributed by atoms with Gasteiger partial charge in [-0.15, -0.1) is 0 Å². The van der Waals surface area contributed by atoms with E-state index in [9.17, 15) is 14.7 Å². The van der Waals surface area contributed by atoms with E-state index in [0.29, 0.717) is 31.8 Å². The third kappa shape index (κ3) is 5.68. The fourth-order valence-electron chi connectivity index (χ4n) is 2.57. The Morgan fingerprint density at radius 2 is 1.94 bits per heavy atom. The number of hydrazone groups is 1. The summed E-state index contributed by atoms with van der Waals surface area (Å²) in [5, 5.41) is 22.8. The highest BCUT2D eigenvalue weighted by molar-refractivity contribution is 9.11. The van der Waals surface area contributed by atoms with Crippen LogP contribution in [0, 0.1) is 0 Å². The van der Waals surface area contributed by atoms with Crippen molar-refractivity contribution in [2.24, 2.45) is 5.10 Å². The van der Waals surface area contributed by atoms with Gasteiger partial charge < -0.3 is 24.1 Å². The number of ether oxygens (including phenoxy) is 2. The van der Waals surface area contributed by atoms with Crippen molar-refractivity contribution < 1.29 is 33.7 Å². The summed E-state index contributed by atoms with van der Waals surface area (Å²) in [4.78, 5) is 23.2. The Morgan fingerprint density at radius 1 is 1.16 bits per heavy atom. The number of phenolic OH excluding ortho intramolecular Hbond substituents is 1. The number of methoxy groups -OCH3 is 1. The molecular formula is C21H16Br2N2O7. The Hall–Kier alpha value is -3.31. The molecule has 1 aromatic heterocycles. The van der Waals surface area contributed by atoms with E-state index in [1.165, 1.54) is 31.5 Å². The molecule has 0 spiro atoms. The highest BCUT2D eigenvalue weighted by Crippen LogP contribution is 2.32. The van der Waals surface area contributed by atoms with Crippen molar-refractivity contribution in [2.75, 3.05) is 7.11 Å². The molecule has 0 saturated carbocycles. The van der Waals surface area contributed by atoms with Crippen molar-refractivity contribution in [1.29, 1.82) is 0 Å². The molecule has 11 heteroatoms. The number of aromatic hydroxyl groups is 1. The smallest absolute Gasteiger partial charge is 0.371 e. The highest BCUT2D eigenvalue weighted by atomic mass is 79.9. The lowest BCUT2D eigenvalue weighted by Crippen LogP contribution is -2.18. The number of carbonyl (C=O) groups excluding carboxylic acids is 1. The maximum atomic E-state index is 12.3. The van der Waals surface area contributed by atoms with Crippen LogP contribution in [0.2, 0.25) is 0 Å². The van der Waals surface area contributed by atoms with E-state index in [0.717, 1.165) is 0 Å². The van der Waals surface area contributed by atoms with Gasteiger partial charge in [0.1, 0.15) is 18.1 Å². The number of carboxylic acids is 1. The van der Waals surface area contributed by atoms with Crippen molar-refractivity contribution in [3.8, 4) is 17.2 Å². The largest absolute Gasteiger partial charge is 0.506 e. The van der Waals surface area contributed by atoms with Gasteiger partial charge in [-0.1, -0.05) is 15.9 Å². The van der Waals surface area contributed by atoms with E-state index in [4.69, 9.17) is 19.0 Å². The molecule has 3 N–H and O–H groups in total. The normalized spacial score (nSPS) is 10.8. The molecule has 3 aromatic rings. The van der Waals surface area contributed by atoms with Crippen molar-refractivity contribution >= 4 is 50.0 Å². The minimum atomic E-state index is -1.16. The number of benzene rings is 2. The number of nitrogens with one attached hydrogen (secondary N) is 1. The Bertz CT molecular complexity index is 1190. The molecule has 32 heavy (non-hydrogen) atoms. The van der Waals surface area contributed by atoms with Gasteiger partial charge in [-0.3, -0.25) is 4.79 Å². The minimum absolute atomic E-state index is 0.0127. The standard InChI is InChI=1S/C21H16Br2N2O7/c1-30-18-6-11(2-4-16(18)31-10-13-3-5-17(32-13)21(28)29)9-24-25-20(27)14-7-12(22)8-15(23)19(14)26/h2-9,26H,10H2,1H3,(H,25,27)(H,28,29)/b24-9-. The number of halogens is 2. The molecule has 0 atom stereocenters. The summed E-state index contributed by atoms with van der Waals surface area (Å²) in [6, 6.07) is 10.9. The van der Waals surface area contributed by atoms with Crippen LogP contribution in [0.1, 0.15) is 32.2 Å². The SMILES string of the molecule is COc1cc(/C=N\NC(=O)c2cc(Br)cc(Br)c2O)ccc1OCc1ccc(C(=O)O)o1. The third-order valence-electron chi connectivity index (χ3n) is 4.08. The molecule has 0 radical (unpaired) electrons.